The lowest BCUT2D eigenvalue weighted by atomic mass is 10.00. The van der Waals surface area contributed by atoms with E-state index in [2.05, 4.69) is 16.5 Å². The largest absolute Gasteiger partial charge is 0.416 e. The summed E-state index contributed by atoms with van der Waals surface area (Å²) in [5.74, 6) is -0.235. The highest BCUT2D eigenvalue weighted by molar-refractivity contribution is 5.87. The van der Waals surface area contributed by atoms with Crippen LogP contribution < -0.4 is 0 Å². The predicted octanol–water partition coefficient (Wildman–Crippen LogP) is 3.27. The average molecular weight is 391 g/mol. The van der Waals surface area contributed by atoms with Gasteiger partial charge in [-0.15, -0.1) is 0 Å². The zero-order valence-electron chi connectivity index (χ0n) is 15.1. The van der Waals surface area contributed by atoms with E-state index in [1.54, 1.807) is 29.6 Å². The van der Waals surface area contributed by atoms with Crippen molar-refractivity contribution in [1.29, 1.82) is 0 Å². The van der Waals surface area contributed by atoms with E-state index in [9.17, 15) is 18.0 Å². The molecule has 28 heavy (non-hydrogen) atoms. The highest BCUT2D eigenvalue weighted by atomic mass is 19.4. The third-order valence-corrected chi connectivity index (χ3v) is 4.67. The van der Waals surface area contributed by atoms with Gasteiger partial charge in [0, 0.05) is 37.6 Å². The van der Waals surface area contributed by atoms with Crippen LogP contribution in [0.4, 0.5) is 13.2 Å². The topological polar surface area (TPSA) is 55.3 Å². The quantitative estimate of drug-likeness (QED) is 0.710. The minimum absolute atomic E-state index is 0.0294. The molecule has 1 aliphatic rings. The summed E-state index contributed by atoms with van der Waals surface area (Å²) in [6, 6.07) is 5.06. The molecule has 0 radical (unpaired) electrons. The first-order chi connectivity index (χ1) is 13.4. The van der Waals surface area contributed by atoms with E-state index >= 15 is 0 Å². The Morgan fingerprint density at radius 2 is 2.14 bits per heavy atom. The molecule has 5 nitrogen and oxygen atoms in total. The highest BCUT2D eigenvalue weighted by Gasteiger charge is 2.36. The summed E-state index contributed by atoms with van der Waals surface area (Å²) in [5.41, 5.74) is 0.495. The van der Waals surface area contributed by atoms with Crippen LogP contribution in [0, 0.1) is 5.92 Å². The second-order valence-electron chi connectivity index (χ2n) is 6.66. The molecule has 1 saturated heterocycles. The fraction of sp³-hybridized carbons (Fsp3) is 0.350. The lowest BCUT2D eigenvalue weighted by molar-refractivity contribution is -0.137. The van der Waals surface area contributed by atoms with E-state index in [1.807, 2.05) is 0 Å². The van der Waals surface area contributed by atoms with Gasteiger partial charge in [0.15, 0.2) is 0 Å². The Kier molecular flexibility index (Phi) is 6.08. The van der Waals surface area contributed by atoms with E-state index in [4.69, 9.17) is 4.74 Å². The van der Waals surface area contributed by atoms with Crippen LogP contribution in [0.1, 0.15) is 16.8 Å². The van der Waals surface area contributed by atoms with Gasteiger partial charge in [0.2, 0.25) is 5.91 Å². The fourth-order valence-corrected chi connectivity index (χ4v) is 3.28. The summed E-state index contributed by atoms with van der Waals surface area (Å²) in [4.78, 5) is 21.9. The molecule has 1 aromatic heterocycles. The number of alkyl halides is 3. The number of ether oxygens (including phenoxy) is 1. The van der Waals surface area contributed by atoms with Crippen LogP contribution in [-0.4, -0.2) is 40.0 Å². The van der Waals surface area contributed by atoms with Gasteiger partial charge >= 0.3 is 6.18 Å². The van der Waals surface area contributed by atoms with E-state index in [0.717, 1.165) is 17.8 Å². The van der Waals surface area contributed by atoms with Crippen molar-refractivity contribution in [1.82, 2.24) is 14.9 Å². The number of halogens is 3. The van der Waals surface area contributed by atoms with Crippen LogP contribution >= 0.6 is 0 Å². The monoisotopic (exact) mass is 391 g/mol. The van der Waals surface area contributed by atoms with Crippen LogP contribution in [0.5, 0.6) is 0 Å². The Hall–Kier alpha value is -2.74. The Morgan fingerprint density at radius 1 is 1.32 bits per heavy atom. The van der Waals surface area contributed by atoms with Gasteiger partial charge in [0.25, 0.3) is 0 Å². The van der Waals surface area contributed by atoms with Crippen LogP contribution in [0.3, 0.4) is 0 Å². The number of rotatable bonds is 6. The number of carbonyl (C=O) groups excluding carboxylic acids is 1. The molecular weight excluding hydrogens is 371 g/mol. The van der Waals surface area contributed by atoms with Crippen molar-refractivity contribution in [3.8, 4) is 0 Å². The SMILES string of the molecule is C=CC(=O)N1C[C@@H](Cc2cnccn2)[C@H](OCc2cccc(C(F)(F)F)c2)C1. The normalized spacial score (nSPS) is 19.6. The maximum absolute atomic E-state index is 12.9. The molecule has 1 aromatic carbocycles. The molecule has 0 aliphatic carbocycles. The first-order valence-corrected chi connectivity index (χ1v) is 8.81. The maximum atomic E-state index is 12.9. The van der Waals surface area contributed by atoms with Crippen molar-refractivity contribution >= 4 is 5.91 Å². The van der Waals surface area contributed by atoms with Crippen molar-refractivity contribution in [3.05, 3.63) is 72.3 Å². The Balaban J connectivity index is 1.70. The van der Waals surface area contributed by atoms with Crippen LogP contribution in [0.25, 0.3) is 0 Å². The van der Waals surface area contributed by atoms with Crippen molar-refractivity contribution in [2.75, 3.05) is 13.1 Å². The molecule has 2 atom stereocenters. The van der Waals surface area contributed by atoms with Crippen molar-refractivity contribution in [2.24, 2.45) is 5.92 Å². The maximum Gasteiger partial charge on any atom is 0.416 e. The molecule has 3 rings (SSSR count). The number of hydrogen-bond donors (Lipinski definition) is 0. The van der Waals surface area contributed by atoms with Gasteiger partial charge < -0.3 is 9.64 Å². The molecule has 8 heteroatoms. The Labute approximate surface area is 160 Å². The minimum Gasteiger partial charge on any atom is -0.371 e. The summed E-state index contributed by atoms with van der Waals surface area (Å²) in [5, 5.41) is 0. The van der Waals surface area contributed by atoms with Gasteiger partial charge in [-0.05, 0) is 30.2 Å². The lowest BCUT2D eigenvalue weighted by Gasteiger charge is -2.19. The molecule has 0 bridgehead atoms. The third-order valence-electron chi connectivity index (χ3n) is 4.67. The summed E-state index contributed by atoms with van der Waals surface area (Å²) < 4.78 is 44.6. The molecule has 1 amide bonds. The van der Waals surface area contributed by atoms with Crippen molar-refractivity contribution in [2.45, 2.75) is 25.3 Å². The molecular formula is C20H20F3N3O2. The molecule has 0 N–H and O–H groups in total. The number of benzene rings is 1. The first-order valence-electron chi connectivity index (χ1n) is 8.81. The van der Waals surface area contributed by atoms with E-state index < -0.39 is 11.7 Å². The van der Waals surface area contributed by atoms with Crippen LogP contribution in [0.15, 0.2) is 55.5 Å². The van der Waals surface area contributed by atoms with E-state index in [1.165, 1.54) is 12.1 Å². The number of aromatic nitrogens is 2. The summed E-state index contributed by atoms with van der Waals surface area (Å²) in [6.07, 6.45) is 1.91. The number of carbonyl (C=O) groups is 1. The number of nitrogens with zero attached hydrogens (tertiary/aromatic N) is 3. The first kappa shape index (κ1) is 20.0. The standard InChI is InChI=1S/C20H20F3N3O2/c1-2-19(27)26-11-15(9-17-10-24-6-7-25-17)18(12-26)28-13-14-4-3-5-16(8-14)20(21,22)23/h2-8,10,15,18H,1,9,11-13H2/t15-,18-/m1/s1. The van der Waals surface area contributed by atoms with Crippen LogP contribution in [0.2, 0.25) is 0 Å². The lowest BCUT2D eigenvalue weighted by Crippen LogP contribution is -2.28. The van der Waals surface area contributed by atoms with Crippen molar-refractivity contribution in [3.63, 3.8) is 0 Å². The highest BCUT2D eigenvalue weighted by Crippen LogP contribution is 2.30. The number of hydrogen-bond acceptors (Lipinski definition) is 4. The smallest absolute Gasteiger partial charge is 0.371 e. The Bertz CT molecular complexity index is 827. The molecule has 148 valence electrons. The molecule has 0 unspecified atom stereocenters. The van der Waals surface area contributed by atoms with Gasteiger partial charge in [-0.25, -0.2) is 0 Å². The molecule has 1 aliphatic heterocycles. The number of amides is 1. The van der Waals surface area contributed by atoms with Gasteiger partial charge in [-0.2, -0.15) is 13.2 Å². The Morgan fingerprint density at radius 3 is 2.82 bits per heavy atom. The van der Waals surface area contributed by atoms with Crippen LogP contribution in [-0.2, 0) is 28.7 Å². The second-order valence-corrected chi connectivity index (χ2v) is 6.66. The van der Waals surface area contributed by atoms with E-state index in [-0.39, 0.29) is 24.5 Å². The fourth-order valence-electron chi connectivity index (χ4n) is 3.28. The average Bonchev–Trinajstić information content (AvgIpc) is 3.09. The van der Waals surface area contributed by atoms with Crippen molar-refractivity contribution < 1.29 is 22.7 Å². The molecule has 2 aromatic rings. The molecule has 0 spiro atoms. The van der Waals surface area contributed by atoms with Gasteiger partial charge in [-0.3, -0.25) is 14.8 Å². The minimum atomic E-state index is -4.40. The summed E-state index contributed by atoms with van der Waals surface area (Å²) in [7, 11) is 0. The molecule has 1 fully saturated rings. The number of likely N-dealkylation sites (tertiary alicyclic amines) is 1. The zero-order chi connectivity index (χ0) is 20.1. The van der Waals surface area contributed by atoms with E-state index in [0.29, 0.717) is 25.1 Å². The zero-order valence-corrected chi connectivity index (χ0v) is 15.1. The van der Waals surface area contributed by atoms with Gasteiger partial charge in [-0.1, -0.05) is 18.7 Å². The summed E-state index contributed by atoms with van der Waals surface area (Å²) >= 11 is 0. The molecule has 2 heterocycles. The molecule has 0 saturated carbocycles. The predicted molar refractivity (Wildman–Crippen MR) is 96.0 cm³/mol. The van der Waals surface area contributed by atoms with Gasteiger partial charge in [0.05, 0.1) is 24.0 Å². The third kappa shape index (κ3) is 4.95. The van der Waals surface area contributed by atoms with Gasteiger partial charge in [0.1, 0.15) is 0 Å². The summed E-state index contributed by atoms with van der Waals surface area (Å²) in [6.45, 7) is 4.36. The second kappa shape index (κ2) is 8.52.